The lowest BCUT2D eigenvalue weighted by Gasteiger charge is -2.17. The zero-order valence-electron chi connectivity index (χ0n) is 20.1. The summed E-state index contributed by atoms with van der Waals surface area (Å²) in [4.78, 5) is 25.9. The van der Waals surface area contributed by atoms with Crippen molar-refractivity contribution in [1.29, 1.82) is 0 Å². The van der Waals surface area contributed by atoms with Crippen LogP contribution in [0.25, 0.3) is 54.8 Å². The van der Waals surface area contributed by atoms with Crippen molar-refractivity contribution in [3.05, 3.63) is 72.6 Å². The van der Waals surface area contributed by atoms with Crippen LogP contribution in [0, 0.1) is 5.41 Å². The number of rotatable bonds is 4. The second-order valence-electron chi connectivity index (χ2n) is 9.81. The minimum Gasteiger partial charge on any atom is -0.352 e. The van der Waals surface area contributed by atoms with E-state index in [9.17, 15) is 4.79 Å². The highest BCUT2D eigenvalue weighted by Crippen LogP contribution is 2.36. The van der Waals surface area contributed by atoms with Gasteiger partial charge in [-0.1, -0.05) is 32.9 Å². The third-order valence-electron chi connectivity index (χ3n) is 6.16. The molecule has 8 heteroatoms. The third kappa shape index (κ3) is 3.95. The molecule has 0 saturated carbocycles. The van der Waals surface area contributed by atoms with Gasteiger partial charge in [-0.15, -0.1) is 11.3 Å². The molecule has 0 atom stereocenters. The van der Waals surface area contributed by atoms with Crippen molar-refractivity contribution >= 4 is 44.7 Å². The zero-order chi connectivity index (χ0) is 24.9. The van der Waals surface area contributed by atoms with Crippen molar-refractivity contribution < 1.29 is 4.79 Å². The van der Waals surface area contributed by atoms with Crippen molar-refractivity contribution in [2.45, 2.75) is 20.8 Å². The second-order valence-corrected chi connectivity index (χ2v) is 10.8. The van der Waals surface area contributed by atoms with Crippen LogP contribution < -0.4 is 5.32 Å². The van der Waals surface area contributed by atoms with Crippen LogP contribution in [0.4, 0.5) is 5.69 Å². The molecule has 1 amide bonds. The van der Waals surface area contributed by atoms with Crippen LogP contribution in [0.3, 0.4) is 0 Å². The molecule has 0 aliphatic heterocycles. The quantitative estimate of drug-likeness (QED) is 0.250. The van der Waals surface area contributed by atoms with E-state index < -0.39 is 5.41 Å². The van der Waals surface area contributed by atoms with Gasteiger partial charge in [0, 0.05) is 44.6 Å². The summed E-state index contributed by atoms with van der Waals surface area (Å²) in [5.41, 5.74) is 6.85. The highest BCUT2D eigenvalue weighted by molar-refractivity contribution is 7.13. The molecule has 6 aromatic rings. The molecule has 0 bridgehead atoms. The van der Waals surface area contributed by atoms with Gasteiger partial charge in [0.25, 0.3) is 0 Å². The van der Waals surface area contributed by atoms with Gasteiger partial charge in [-0.05, 0) is 41.3 Å². The van der Waals surface area contributed by atoms with E-state index in [4.69, 9.17) is 0 Å². The van der Waals surface area contributed by atoms with Crippen LogP contribution in [0.15, 0.2) is 72.6 Å². The number of aromatic amines is 2. The Bertz CT molecular complexity index is 1720. The molecule has 0 aliphatic carbocycles. The number of thiophene rings is 1. The molecule has 0 fully saturated rings. The summed E-state index contributed by atoms with van der Waals surface area (Å²) in [6.45, 7) is 5.66. The number of hydrogen-bond acceptors (Lipinski definition) is 5. The largest absolute Gasteiger partial charge is 0.352 e. The number of fused-ring (bicyclic) bond motifs is 2. The van der Waals surface area contributed by atoms with Crippen LogP contribution in [-0.4, -0.2) is 31.1 Å². The highest BCUT2D eigenvalue weighted by atomic mass is 32.1. The van der Waals surface area contributed by atoms with Gasteiger partial charge in [0.15, 0.2) is 0 Å². The van der Waals surface area contributed by atoms with Crippen LogP contribution in [0.2, 0.25) is 0 Å². The van der Waals surface area contributed by atoms with Gasteiger partial charge in [0.2, 0.25) is 5.91 Å². The smallest absolute Gasteiger partial charge is 0.229 e. The predicted octanol–water partition coefficient (Wildman–Crippen LogP) is 6.88. The first-order chi connectivity index (χ1) is 17.4. The fraction of sp³-hybridized carbons (Fsp3) is 0.143. The van der Waals surface area contributed by atoms with Gasteiger partial charge in [-0.25, -0.2) is 0 Å². The molecule has 7 nitrogen and oxygen atoms in total. The summed E-state index contributed by atoms with van der Waals surface area (Å²) >= 11 is 1.70. The van der Waals surface area contributed by atoms with Crippen LogP contribution in [-0.2, 0) is 4.79 Å². The minimum absolute atomic E-state index is 0.0516. The van der Waals surface area contributed by atoms with E-state index in [-0.39, 0.29) is 5.91 Å². The van der Waals surface area contributed by atoms with Gasteiger partial charge in [0.05, 0.1) is 34.8 Å². The maximum Gasteiger partial charge on any atom is 0.229 e. The average Bonchev–Trinajstić information content (AvgIpc) is 3.62. The molecule has 3 N–H and O–H groups in total. The molecule has 0 radical (unpaired) electrons. The number of anilines is 1. The number of nitrogens with one attached hydrogen (secondary N) is 3. The lowest BCUT2D eigenvalue weighted by molar-refractivity contribution is -0.123. The molecule has 178 valence electrons. The van der Waals surface area contributed by atoms with Gasteiger partial charge in [0.1, 0.15) is 5.69 Å². The second kappa shape index (κ2) is 8.42. The molecule has 5 heterocycles. The summed E-state index contributed by atoms with van der Waals surface area (Å²) in [5.74, 6) is -0.0516. The standard InChI is InChI=1S/C28H24N6OS/c1-28(2,3)27(35)31-18-9-17(12-29-13-18)16-6-7-22-20(10-16)26(34-33-22)23-11-19-21(25-5-4-8-36-25)14-30-15-24(19)32-23/h4-15,32H,1-3H3,(H,31,35)(H,33,34). The van der Waals surface area contributed by atoms with Crippen LogP contribution in [0.1, 0.15) is 20.8 Å². The number of amides is 1. The fourth-order valence-electron chi connectivity index (χ4n) is 4.19. The average molecular weight is 493 g/mol. The predicted molar refractivity (Wildman–Crippen MR) is 146 cm³/mol. The van der Waals surface area contributed by atoms with Crippen molar-refractivity contribution in [2.75, 3.05) is 5.32 Å². The Balaban J connectivity index is 1.40. The molecular weight excluding hydrogens is 468 g/mol. The van der Waals surface area contributed by atoms with E-state index in [0.717, 1.165) is 49.9 Å². The number of carbonyl (C=O) groups is 1. The van der Waals surface area contributed by atoms with E-state index >= 15 is 0 Å². The summed E-state index contributed by atoms with van der Waals surface area (Å²) in [6.07, 6.45) is 7.22. The summed E-state index contributed by atoms with van der Waals surface area (Å²) in [6, 6.07) is 14.4. The number of benzene rings is 1. The number of aromatic nitrogens is 5. The molecule has 5 aromatic heterocycles. The number of pyridine rings is 2. The number of hydrogen-bond donors (Lipinski definition) is 3. The lowest BCUT2D eigenvalue weighted by atomic mass is 9.95. The van der Waals surface area contributed by atoms with Gasteiger partial charge in [-0.3, -0.25) is 19.9 Å². The van der Waals surface area contributed by atoms with E-state index in [2.05, 4.69) is 54.0 Å². The van der Waals surface area contributed by atoms with Crippen molar-refractivity contribution in [2.24, 2.45) is 5.41 Å². The molecule has 0 saturated heterocycles. The molecule has 0 spiro atoms. The van der Waals surface area contributed by atoms with Crippen molar-refractivity contribution in [3.63, 3.8) is 0 Å². The normalized spacial score (nSPS) is 11.9. The first-order valence-electron chi connectivity index (χ1n) is 11.6. The minimum atomic E-state index is -0.487. The monoisotopic (exact) mass is 492 g/mol. The number of carbonyl (C=O) groups excluding carboxylic acids is 1. The Kier molecular flexibility index (Phi) is 5.19. The van der Waals surface area contributed by atoms with E-state index in [1.807, 2.05) is 57.4 Å². The number of nitrogens with zero attached hydrogens (tertiary/aromatic N) is 3. The maximum absolute atomic E-state index is 12.4. The fourth-order valence-corrected chi connectivity index (χ4v) is 4.94. The molecule has 0 unspecified atom stereocenters. The van der Waals surface area contributed by atoms with Crippen molar-refractivity contribution in [1.82, 2.24) is 25.1 Å². The first kappa shape index (κ1) is 22.2. The van der Waals surface area contributed by atoms with E-state index in [0.29, 0.717) is 5.69 Å². The molecule has 36 heavy (non-hydrogen) atoms. The Morgan fingerprint density at radius 2 is 1.78 bits per heavy atom. The Morgan fingerprint density at radius 3 is 2.58 bits per heavy atom. The topological polar surface area (TPSA) is 99.3 Å². The molecular formula is C28H24N6OS. The highest BCUT2D eigenvalue weighted by Gasteiger charge is 2.21. The molecule has 0 aliphatic rings. The van der Waals surface area contributed by atoms with Gasteiger partial charge < -0.3 is 10.3 Å². The van der Waals surface area contributed by atoms with E-state index in [1.165, 1.54) is 4.88 Å². The van der Waals surface area contributed by atoms with Gasteiger partial charge >= 0.3 is 0 Å². The van der Waals surface area contributed by atoms with E-state index in [1.54, 1.807) is 23.7 Å². The SMILES string of the molecule is CC(C)(C)C(=O)Nc1cncc(-c2ccc3[nH]nc(-c4cc5c(-c6cccs6)cncc5[nH]4)c3c2)c1. The Hall–Kier alpha value is -4.30. The van der Waals surface area contributed by atoms with Crippen LogP contribution >= 0.6 is 11.3 Å². The summed E-state index contributed by atoms with van der Waals surface area (Å²) < 4.78 is 0. The lowest BCUT2D eigenvalue weighted by Crippen LogP contribution is -2.27. The summed E-state index contributed by atoms with van der Waals surface area (Å²) in [7, 11) is 0. The maximum atomic E-state index is 12.4. The molecule has 1 aromatic carbocycles. The van der Waals surface area contributed by atoms with Crippen LogP contribution in [0.5, 0.6) is 0 Å². The summed E-state index contributed by atoms with van der Waals surface area (Å²) in [5, 5.41) is 14.9. The third-order valence-corrected chi connectivity index (χ3v) is 7.06. The van der Waals surface area contributed by atoms with Crippen molar-refractivity contribution in [3.8, 4) is 33.0 Å². The molecule has 6 rings (SSSR count). The first-order valence-corrected chi connectivity index (χ1v) is 12.5. The Morgan fingerprint density at radius 1 is 0.917 bits per heavy atom. The Labute approximate surface area is 211 Å². The number of H-pyrrole nitrogens is 2. The van der Waals surface area contributed by atoms with Gasteiger partial charge in [-0.2, -0.15) is 5.10 Å². The zero-order valence-corrected chi connectivity index (χ0v) is 20.9.